The summed E-state index contributed by atoms with van der Waals surface area (Å²) >= 11 is 0. The Morgan fingerprint density at radius 2 is 1.70 bits per heavy atom. The van der Waals surface area contributed by atoms with Crippen molar-refractivity contribution in [1.29, 1.82) is 0 Å². The van der Waals surface area contributed by atoms with Crippen molar-refractivity contribution in [1.82, 2.24) is 20.0 Å². The van der Waals surface area contributed by atoms with Gasteiger partial charge in [0, 0.05) is 6.08 Å². The largest absolute Gasteiger partial charge is 1.00 e. The number of aryl methyl sites for hydroxylation is 2. The number of carbonyl (C=O) groups is 1. The van der Waals surface area contributed by atoms with Crippen LogP contribution in [0, 0.1) is 0 Å². The predicted molar refractivity (Wildman–Crippen MR) is 135 cm³/mol. The fourth-order valence-corrected chi connectivity index (χ4v) is 3.60. The van der Waals surface area contributed by atoms with Crippen LogP contribution in [0.3, 0.4) is 0 Å². The quantitative estimate of drug-likeness (QED) is 0.194. The van der Waals surface area contributed by atoms with Crippen LogP contribution in [0.2, 0.25) is 0 Å². The molecule has 2 heterocycles. The van der Waals surface area contributed by atoms with Gasteiger partial charge in [-0.15, -0.1) is 13.2 Å². The maximum absolute atomic E-state index is 12.3. The third-order valence-corrected chi connectivity index (χ3v) is 5.42. The number of hydrogen-bond donors (Lipinski definition) is 1. The molecule has 0 atom stereocenters. The van der Waals surface area contributed by atoms with E-state index in [1.54, 1.807) is 18.3 Å². The summed E-state index contributed by atoms with van der Waals surface area (Å²) in [6.45, 7) is -0.0310. The maximum Gasteiger partial charge on any atom is 1.00 e. The normalized spacial score (nSPS) is 11.4. The van der Waals surface area contributed by atoms with Crippen LogP contribution in [0.1, 0.15) is 42.7 Å². The number of unbranched alkanes of at least 4 members (excludes halogenated alkanes) is 1. The van der Waals surface area contributed by atoms with Gasteiger partial charge >= 0.3 is 41.9 Å². The van der Waals surface area contributed by atoms with E-state index in [2.05, 4.69) is 19.9 Å². The number of rotatable bonds is 13. The molecule has 40 heavy (non-hydrogen) atoms. The van der Waals surface area contributed by atoms with Crippen molar-refractivity contribution >= 4 is 18.1 Å². The first-order valence-corrected chi connectivity index (χ1v) is 12.0. The summed E-state index contributed by atoms with van der Waals surface area (Å²) in [5.74, 6) is -0.240. The summed E-state index contributed by atoms with van der Waals surface area (Å²) in [5.41, 5.74) is 3.20. The molecule has 0 bridgehead atoms. The zero-order valence-corrected chi connectivity index (χ0v) is 23.7. The average Bonchev–Trinajstić information content (AvgIpc) is 3.54. The second-order valence-electron chi connectivity index (χ2n) is 8.53. The van der Waals surface area contributed by atoms with Gasteiger partial charge in [0.1, 0.15) is 30.1 Å². The van der Waals surface area contributed by atoms with Crippen LogP contribution in [-0.4, -0.2) is 37.4 Å². The molecule has 4 aromatic rings. The van der Waals surface area contributed by atoms with Crippen molar-refractivity contribution in [3.05, 3.63) is 89.4 Å². The number of benzene rings is 2. The molecule has 2 aromatic heterocycles. The minimum absolute atomic E-state index is 0. The summed E-state index contributed by atoms with van der Waals surface area (Å²) < 4.78 is 51.8. The monoisotopic (exact) mass is 566 g/mol. The van der Waals surface area contributed by atoms with E-state index in [1.165, 1.54) is 40.9 Å². The summed E-state index contributed by atoms with van der Waals surface area (Å²) in [5, 5.41) is 16.9. The summed E-state index contributed by atoms with van der Waals surface area (Å²) in [6, 6.07) is 13.2. The van der Waals surface area contributed by atoms with E-state index in [0.717, 1.165) is 31.4 Å². The van der Waals surface area contributed by atoms with E-state index in [-0.39, 0.29) is 49.9 Å². The van der Waals surface area contributed by atoms with Gasteiger partial charge in [0.25, 0.3) is 0 Å². The molecule has 0 radical (unpaired) electrons. The Bertz CT molecular complexity index is 1390. The molecule has 2 aromatic carbocycles. The van der Waals surface area contributed by atoms with Gasteiger partial charge in [-0.25, -0.2) is 4.98 Å². The Labute approximate surface area is 251 Å². The molecule has 0 amide bonds. The van der Waals surface area contributed by atoms with Gasteiger partial charge in [0.15, 0.2) is 6.54 Å². The Balaban J connectivity index is 0.00000294. The fourth-order valence-electron chi connectivity index (χ4n) is 3.60. The second kappa shape index (κ2) is 14.7. The van der Waals surface area contributed by atoms with Crippen LogP contribution in [-0.2, 0) is 30.8 Å². The molecule has 0 aliphatic rings. The van der Waals surface area contributed by atoms with Gasteiger partial charge in [0.05, 0.1) is 11.9 Å². The van der Waals surface area contributed by atoms with E-state index >= 15 is 0 Å². The van der Waals surface area contributed by atoms with Crippen LogP contribution in [0.5, 0.6) is 11.5 Å². The van der Waals surface area contributed by atoms with Crippen molar-refractivity contribution in [2.24, 2.45) is 0 Å². The number of carboxylic acid groups (broad SMARTS) is 1. The van der Waals surface area contributed by atoms with E-state index in [4.69, 9.17) is 14.3 Å². The Hall–Kier alpha value is -3.61. The van der Waals surface area contributed by atoms with Gasteiger partial charge in [-0.3, -0.25) is 4.79 Å². The molecule has 0 aliphatic heterocycles. The van der Waals surface area contributed by atoms with E-state index in [9.17, 15) is 18.0 Å². The number of alkyl halides is 3. The molecular formula is C27H26F3N4NaO5. The summed E-state index contributed by atoms with van der Waals surface area (Å²) in [7, 11) is 0. The first-order chi connectivity index (χ1) is 18.7. The zero-order valence-electron chi connectivity index (χ0n) is 22.7. The second-order valence-corrected chi connectivity index (χ2v) is 8.53. The zero-order chi connectivity index (χ0) is 27.7. The Morgan fingerprint density at radius 3 is 2.40 bits per heavy atom. The molecule has 0 unspecified atom stereocenters. The molecule has 0 saturated heterocycles. The van der Waals surface area contributed by atoms with Crippen molar-refractivity contribution in [2.45, 2.75) is 45.2 Å². The van der Waals surface area contributed by atoms with Gasteiger partial charge in [-0.05, 0) is 67.2 Å². The van der Waals surface area contributed by atoms with Crippen LogP contribution in [0.15, 0.2) is 65.4 Å². The number of hydrogen-bond acceptors (Lipinski definition) is 7. The van der Waals surface area contributed by atoms with Crippen molar-refractivity contribution < 1.29 is 67.9 Å². The maximum atomic E-state index is 12.3. The van der Waals surface area contributed by atoms with Gasteiger partial charge < -0.3 is 20.4 Å². The number of halogens is 3. The molecule has 0 spiro atoms. The van der Waals surface area contributed by atoms with E-state index in [0.29, 0.717) is 22.9 Å². The molecule has 0 saturated carbocycles. The van der Waals surface area contributed by atoms with E-state index < -0.39 is 12.3 Å². The smallest absolute Gasteiger partial charge is 1.00 e. The third-order valence-electron chi connectivity index (χ3n) is 5.42. The predicted octanol–water partition coefficient (Wildman–Crippen LogP) is 2.68. The number of aliphatic carboxylic acids is 1. The number of oxazole rings is 1. The summed E-state index contributed by atoms with van der Waals surface area (Å²) in [4.78, 5) is 16.2. The van der Waals surface area contributed by atoms with E-state index in [1.807, 2.05) is 24.3 Å². The minimum atomic E-state index is -4.73. The first-order valence-electron chi connectivity index (χ1n) is 12.0. The average molecular weight is 567 g/mol. The number of ether oxygens (including phenoxy) is 2. The van der Waals surface area contributed by atoms with Crippen LogP contribution < -0.4 is 39.0 Å². The topological polar surface area (TPSA) is 112 Å². The Kier molecular flexibility index (Phi) is 11.4. The molecule has 0 aliphatic carbocycles. The molecule has 9 nitrogen and oxygen atoms in total. The Morgan fingerprint density at radius 1 is 1.00 bits per heavy atom. The van der Waals surface area contributed by atoms with Gasteiger partial charge in [-0.1, -0.05) is 24.3 Å². The van der Waals surface area contributed by atoms with Gasteiger partial charge in [-0.2, -0.15) is 15.0 Å². The molecule has 13 heteroatoms. The number of nitrogens with zero attached hydrogens (tertiary/aromatic N) is 4. The fraction of sp³-hybridized carbons (Fsp3) is 0.259. The number of carboxylic acids is 1. The van der Waals surface area contributed by atoms with Crippen LogP contribution >= 0.6 is 0 Å². The molecule has 0 fully saturated rings. The summed E-state index contributed by atoms with van der Waals surface area (Å²) in [6.07, 6.45) is 5.10. The van der Waals surface area contributed by atoms with Crippen molar-refractivity contribution in [3.63, 3.8) is 0 Å². The SMILES string of the molecule is O=C(O)Cn1ncc(CCCCc2ccc(OCc3coc(/C=C/c4ccc(OC(F)(F)F)cc4)n3)cc2)n1.[H-].[Na+]. The molecule has 206 valence electrons. The van der Waals surface area contributed by atoms with Gasteiger partial charge in [0.2, 0.25) is 5.89 Å². The standard InChI is InChI=1S/C27H25F3N4O5.Na.H/c28-27(29,30)39-24-12-7-20(8-13-24)9-14-25-32-22(18-38-25)17-37-23-10-5-19(6-11-23)3-1-2-4-21-15-31-34(33-21)16-26(35)36;;/h5-15,18H,1-4,16-17H2,(H,35,36);;/q;+1;-1/b14-9+;;. The van der Waals surface area contributed by atoms with Crippen LogP contribution in [0.25, 0.3) is 12.2 Å². The molecular weight excluding hydrogens is 540 g/mol. The first kappa shape index (κ1) is 30.9. The molecule has 1 N–H and O–H groups in total. The third kappa shape index (κ3) is 10.5. The van der Waals surface area contributed by atoms with Crippen molar-refractivity contribution in [2.75, 3.05) is 0 Å². The minimum Gasteiger partial charge on any atom is -1.00 e. The van der Waals surface area contributed by atoms with Crippen LogP contribution in [0.4, 0.5) is 13.2 Å². The molecule has 4 rings (SSSR count). The van der Waals surface area contributed by atoms with Crippen molar-refractivity contribution in [3.8, 4) is 11.5 Å². The number of aromatic nitrogens is 4.